The normalized spacial score (nSPS) is 12.1. The van der Waals surface area contributed by atoms with Gasteiger partial charge in [0, 0.05) is 6.54 Å². The molecule has 0 saturated carbocycles. The van der Waals surface area contributed by atoms with E-state index in [4.69, 9.17) is 5.73 Å². The van der Waals surface area contributed by atoms with Gasteiger partial charge >= 0.3 is 0 Å². The maximum atomic E-state index is 13.3. The quantitative estimate of drug-likeness (QED) is 0.796. The lowest BCUT2D eigenvalue weighted by atomic mass is 10.2. The van der Waals surface area contributed by atoms with E-state index in [2.05, 4.69) is 0 Å². The van der Waals surface area contributed by atoms with Gasteiger partial charge in [0.25, 0.3) is 5.92 Å². The fraction of sp³-hybridized carbons (Fsp3) is 0.538. The molecule has 0 fully saturated rings. The second-order valence-electron chi connectivity index (χ2n) is 4.26. The minimum atomic E-state index is -2.80. The van der Waals surface area contributed by atoms with Crippen LogP contribution in [0.4, 0.5) is 8.78 Å². The van der Waals surface area contributed by atoms with Crippen LogP contribution in [0.1, 0.15) is 18.9 Å². The molecule has 1 aromatic rings. The third-order valence-corrected chi connectivity index (χ3v) is 2.54. The molecule has 0 bridgehead atoms. The molecule has 2 N–H and O–H groups in total. The summed E-state index contributed by atoms with van der Waals surface area (Å²) in [6, 6.07) is 9.65. The standard InChI is InChI=1S/C13H20F2N2/c1-2-8-17(11-13(14,15)10-16)9-12-6-4-3-5-7-12/h3-7H,2,8-11,16H2,1H3. The summed E-state index contributed by atoms with van der Waals surface area (Å²) < 4.78 is 26.5. The Labute approximate surface area is 101 Å². The highest BCUT2D eigenvalue weighted by Crippen LogP contribution is 2.15. The van der Waals surface area contributed by atoms with Gasteiger partial charge in [-0.1, -0.05) is 37.3 Å². The van der Waals surface area contributed by atoms with E-state index in [-0.39, 0.29) is 6.54 Å². The first-order valence-electron chi connectivity index (χ1n) is 5.91. The fourth-order valence-corrected chi connectivity index (χ4v) is 1.76. The molecule has 96 valence electrons. The first-order valence-corrected chi connectivity index (χ1v) is 5.91. The summed E-state index contributed by atoms with van der Waals surface area (Å²) in [4.78, 5) is 1.75. The van der Waals surface area contributed by atoms with Gasteiger partial charge in [-0.25, -0.2) is 8.78 Å². The summed E-state index contributed by atoms with van der Waals surface area (Å²) in [5.41, 5.74) is 6.12. The second-order valence-corrected chi connectivity index (χ2v) is 4.26. The van der Waals surface area contributed by atoms with E-state index in [1.807, 2.05) is 37.3 Å². The Bertz CT molecular complexity index is 314. The summed E-state index contributed by atoms with van der Waals surface area (Å²) in [6.07, 6.45) is 0.855. The van der Waals surface area contributed by atoms with Gasteiger partial charge in [-0.05, 0) is 18.5 Å². The molecule has 1 rings (SSSR count). The van der Waals surface area contributed by atoms with Crippen LogP contribution in [0.5, 0.6) is 0 Å². The fourth-order valence-electron chi connectivity index (χ4n) is 1.76. The summed E-state index contributed by atoms with van der Waals surface area (Å²) in [5, 5.41) is 0. The molecule has 0 aromatic heterocycles. The maximum absolute atomic E-state index is 13.3. The van der Waals surface area contributed by atoms with E-state index in [9.17, 15) is 8.78 Å². The van der Waals surface area contributed by atoms with Crippen LogP contribution in [0.25, 0.3) is 0 Å². The van der Waals surface area contributed by atoms with Crippen molar-refractivity contribution in [2.75, 3.05) is 19.6 Å². The molecule has 0 aliphatic rings. The number of alkyl halides is 2. The monoisotopic (exact) mass is 242 g/mol. The molecule has 0 spiro atoms. The van der Waals surface area contributed by atoms with Crippen molar-refractivity contribution >= 4 is 0 Å². The molecule has 0 amide bonds. The Kier molecular flexibility index (Phi) is 5.51. The molecule has 0 radical (unpaired) electrons. The van der Waals surface area contributed by atoms with Crippen molar-refractivity contribution < 1.29 is 8.78 Å². The van der Waals surface area contributed by atoms with E-state index in [1.54, 1.807) is 4.90 Å². The molecule has 0 heterocycles. The van der Waals surface area contributed by atoms with Gasteiger partial charge in [0.2, 0.25) is 0 Å². The molecule has 4 heteroatoms. The number of hydrogen-bond acceptors (Lipinski definition) is 2. The van der Waals surface area contributed by atoms with Crippen molar-refractivity contribution in [3.05, 3.63) is 35.9 Å². The van der Waals surface area contributed by atoms with Gasteiger partial charge in [0.15, 0.2) is 0 Å². The third kappa shape index (κ3) is 5.24. The first kappa shape index (κ1) is 14.1. The smallest absolute Gasteiger partial charge is 0.272 e. The van der Waals surface area contributed by atoms with Crippen molar-refractivity contribution in [3.63, 3.8) is 0 Å². The Morgan fingerprint density at radius 1 is 1.24 bits per heavy atom. The summed E-state index contributed by atoms with van der Waals surface area (Å²) in [7, 11) is 0. The summed E-state index contributed by atoms with van der Waals surface area (Å²) >= 11 is 0. The lowest BCUT2D eigenvalue weighted by molar-refractivity contribution is -0.0255. The highest BCUT2D eigenvalue weighted by molar-refractivity contribution is 5.14. The lowest BCUT2D eigenvalue weighted by Gasteiger charge is -2.26. The highest BCUT2D eigenvalue weighted by atomic mass is 19.3. The maximum Gasteiger partial charge on any atom is 0.272 e. The predicted octanol–water partition coefficient (Wildman–Crippen LogP) is 2.49. The molecule has 0 aliphatic carbocycles. The van der Waals surface area contributed by atoms with E-state index in [0.29, 0.717) is 13.1 Å². The minimum absolute atomic E-state index is 0.272. The minimum Gasteiger partial charge on any atom is -0.325 e. The molecular formula is C13H20F2N2. The zero-order chi connectivity index (χ0) is 12.7. The molecule has 0 unspecified atom stereocenters. The average Bonchev–Trinajstić information content (AvgIpc) is 2.30. The zero-order valence-corrected chi connectivity index (χ0v) is 10.2. The van der Waals surface area contributed by atoms with Crippen LogP contribution in [0.3, 0.4) is 0 Å². The number of benzene rings is 1. The number of rotatable bonds is 7. The molecule has 0 aliphatic heterocycles. The largest absolute Gasteiger partial charge is 0.325 e. The molecule has 2 nitrogen and oxygen atoms in total. The van der Waals surface area contributed by atoms with Crippen LogP contribution >= 0.6 is 0 Å². The van der Waals surface area contributed by atoms with Crippen LogP contribution in [-0.2, 0) is 6.54 Å². The SMILES string of the molecule is CCCN(Cc1ccccc1)CC(F)(F)CN. The van der Waals surface area contributed by atoms with Crippen molar-refractivity contribution in [3.8, 4) is 0 Å². The van der Waals surface area contributed by atoms with E-state index in [0.717, 1.165) is 12.0 Å². The van der Waals surface area contributed by atoms with Gasteiger partial charge in [-0.15, -0.1) is 0 Å². The van der Waals surface area contributed by atoms with E-state index >= 15 is 0 Å². The van der Waals surface area contributed by atoms with Crippen molar-refractivity contribution in [1.82, 2.24) is 4.90 Å². The van der Waals surface area contributed by atoms with Gasteiger partial charge in [-0.2, -0.15) is 0 Å². The number of nitrogens with zero attached hydrogens (tertiary/aromatic N) is 1. The average molecular weight is 242 g/mol. The topological polar surface area (TPSA) is 29.3 Å². The van der Waals surface area contributed by atoms with E-state index < -0.39 is 12.5 Å². The summed E-state index contributed by atoms with van der Waals surface area (Å²) in [6.45, 7) is 2.32. The van der Waals surface area contributed by atoms with Crippen molar-refractivity contribution in [1.29, 1.82) is 0 Å². The van der Waals surface area contributed by atoms with Crippen LogP contribution in [0.15, 0.2) is 30.3 Å². The van der Waals surface area contributed by atoms with Crippen molar-refractivity contribution in [2.24, 2.45) is 5.73 Å². The van der Waals surface area contributed by atoms with Gasteiger partial charge in [0.05, 0.1) is 13.1 Å². The lowest BCUT2D eigenvalue weighted by Crippen LogP contribution is -2.41. The van der Waals surface area contributed by atoms with Crippen molar-refractivity contribution in [2.45, 2.75) is 25.8 Å². The predicted molar refractivity (Wildman–Crippen MR) is 66.0 cm³/mol. The van der Waals surface area contributed by atoms with Crippen LogP contribution in [-0.4, -0.2) is 30.5 Å². The summed E-state index contributed by atoms with van der Waals surface area (Å²) in [5.74, 6) is -2.80. The third-order valence-electron chi connectivity index (χ3n) is 2.54. The van der Waals surface area contributed by atoms with Gasteiger partial charge in [-0.3, -0.25) is 4.90 Å². The Morgan fingerprint density at radius 2 is 1.88 bits per heavy atom. The van der Waals surface area contributed by atoms with E-state index in [1.165, 1.54) is 0 Å². The first-order chi connectivity index (χ1) is 8.07. The molecule has 17 heavy (non-hydrogen) atoms. The zero-order valence-electron chi connectivity index (χ0n) is 10.2. The Morgan fingerprint density at radius 3 is 2.41 bits per heavy atom. The highest BCUT2D eigenvalue weighted by Gasteiger charge is 2.29. The number of hydrogen-bond donors (Lipinski definition) is 1. The molecule has 0 saturated heterocycles. The number of halogens is 2. The Balaban J connectivity index is 2.60. The molecular weight excluding hydrogens is 222 g/mol. The van der Waals surface area contributed by atoms with Crippen LogP contribution in [0, 0.1) is 0 Å². The number of nitrogens with two attached hydrogens (primary N) is 1. The Hall–Kier alpha value is -1.00. The van der Waals surface area contributed by atoms with Crippen LogP contribution in [0.2, 0.25) is 0 Å². The van der Waals surface area contributed by atoms with Gasteiger partial charge < -0.3 is 5.73 Å². The molecule has 0 atom stereocenters. The van der Waals surface area contributed by atoms with Crippen LogP contribution < -0.4 is 5.73 Å². The second kappa shape index (κ2) is 6.67. The molecule has 1 aromatic carbocycles. The van der Waals surface area contributed by atoms with Gasteiger partial charge in [0.1, 0.15) is 0 Å².